The fraction of sp³-hybridized carbons (Fsp3) is 0.400. The summed E-state index contributed by atoms with van der Waals surface area (Å²) in [7, 11) is 1.59. The van der Waals surface area contributed by atoms with Crippen molar-refractivity contribution in [1.29, 1.82) is 0 Å². The van der Waals surface area contributed by atoms with Crippen LogP contribution in [0, 0.1) is 3.70 Å². The lowest BCUT2D eigenvalue weighted by Crippen LogP contribution is -2.10. The highest BCUT2D eigenvalue weighted by Gasteiger charge is 2.12. The zero-order chi connectivity index (χ0) is 11.7. The molecule has 2 aromatic heterocycles. The fourth-order valence-electron chi connectivity index (χ4n) is 1.50. The highest BCUT2D eigenvalue weighted by atomic mass is 127. The average molecular weight is 333 g/mol. The Labute approximate surface area is 107 Å². The average Bonchev–Trinajstić information content (AvgIpc) is 2.58. The third-order valence-corrected chi connectivity index (χ3v) is 2.93. The topological polar surface area (TPSA) is 59.7 Å². The van der Waals surface area contributed by atoms with Gasteiger partial charge in [-0.15, -0.1) is 0 Å². The molecule has 2 heterocycles. The Bertz CT molecular complexity index is 510. The lowest BCUT2D eigenvalue weighted by molar-refractivity contribution is 0.192. The van der Waals surface area contributed by atoms with E-state index in [-0.39, 0.29) is 0 Å². The third-order valence-electron chi connectivity index (χ3n) is 2.20. The van der Waals surface area contributed by atoms with Crippen LogP contribution in [0.1, 0.15) is 12.6 Å². The zero-order valence-corrected chi connectivity index (χ0v) is 11.2. The molecule has 0 aromatic carbocycles. The molecular formula is C10H12IN3O2. The van der Waals surface area contributed by atoms with Crippen LogP contribution >= 0.6 is 22.6 Å². The second kappa shape index (κ2) is 4.54. The molecule has 5 nitrogen and oxygen atoms in total. The molecule has 16 heavy (non-hydrogen) atoms. The third kappa shape index (κ3) is 2.12. The Morgan fingerprint density at radius 3 is 3.00 bits per heavy atom. The van der Waals surface area contributed by atoms with E-state index in [1.54, 1.807) is 24.7 Å². The number of hydrogen-bond donors (Lipinski definition) is 1. The van der Waals surface area contributed by atoms with Crippen molar-refractivity contribution in [2.45, 2.75) is 19.4 Å². The number of fused-ring (bicyclic) bond motifs is 1. The Morgan fingerprint density at radius 2 is 2.38 bits per heavy atom. The van der Waals surface area contributed by atoms with Crippen LogP contribution in [-0.2, 0) is 6.42 Å². The Balaban J connectivity index is 2.56. The Hall–Kier alpha value is -0.890. The molecule has 0 radical (unpaired) electrons. The first-order valence-electron chi connectivity index (χ1n) is 4.87. The van der Waals surface area contributed by atoms with Crippen molar-refractivity contribution in [1.82, 2.24) is 14.6 Å². The number of imidazole rings is 1. The van der Waals surface area contributed by atoms with Gasteiger partial charge in [0.15, 0.2) is 5.65 Å². The number of aliphatic hydroxyl groups is 1. The first-order valence-corrected chi connectivity index (χ1v) is 5.95. The summed E-state index contributed by atoms with van der Waals surface area (Å²) in [4.78, 5) is 4.20. The lowest BCUT2D eigenvalue weighted by Gasteiger charge is -2.09. The van der Waals surface area contributed by atoms with Crippen LogP contribution in [0.15, 0.2) is 12.3 Å². The molecule has 0 spiro atoms. The van der Waals surface area contributed by atoms with Gasteiger partial charge in [-0.3, -0.25) is 0 Å². The van der Waals surface area contributed by atoms with E-state index in [0.29, 0.717) is 12.2 Å². The quantitative estimate of drug-likeness (QED) is 0.860. The van der Waals surface area contributed by atoms with E-state index < -0.39 is 6.10 Å². The van der Waals surface area contributed by atoms with E-state index in [9.17, 15) is 5.11 Å². The van der Waals surface area contributed by atoms with Crippen molar-refractivity contribution < 1.29 is 9.84 Å². The van der Waals surface area contributed by atoms with Crippen LogP contribution in [0.3, 0.4) is 0 Å². The minimum atomic E-state index is -0.444. The van der Waals surface area contributed by atoms with Gasteiger partial charge in [0.25, 0.3) is 0 Å². The molecular weight excluding hydrogens is 321 g/mol. The summed E-state index contributed by atoms with van der Waals surface area (Å²) in [6.45, 7) is 1.73. The summed E-state index contributed by atoms with van der Waals surface area (Å²) in [5.74, 6) is 0.662. The van der Waals surface area contributed by atoms with Crippen LogP contribution < -0.4 is 4.74 Å². The van der Waals surface area contributed by atoms with Crippen molar-refractivity contribution in [2.24, 2.45) is 0 Å². The second-order valence-corrected chi connectivity index (χ2v) is 4.67. The molecule has 1 unspecified atom stereocenters. The molecule has 0 bridgehead atoms. The molecule has 1 atom stereocenters. The zero-order valence-electron chi connectivity index (χ0n) is 9.01. The van der Waals surface area contributed by atoms with Gasteiger partial charge in [0.05, 0.1) is 19.4 Å². The molecule has 1 N–H and O–H groups in total. The number of methoxy groups -OCH3 is 1. The van der Waals surface area contributed by atoms with Crippen molar-refractivity contribution in [3.05, 3.63) is 21.7 Å². The van der Waals surface area contributed by atoms with Crippen molar-refractivity contribution in [2.75, 3.05) is 7.11 Å². The summed E-state index contributed by atoms with van der Waals surface area (Å²) in [6.07, 6.45) is 1.77. The van der Waals surface area contributed by atoms with Crippen molar-refractivity contribution in [3.63, 3.8) is 0 Å². The maximum absolute atomic E-state index is 9.40. The maximum Gasteiger partial charge on any atom is 0.158 e. The van der Waals surface area contributed by atoms with Gasteiger partial charge in [0.1, 0.15) is 15.1 Å². The van der Waals surface area contributed by atoms with E-state index in [2.05, 4.69) is 32.7 Å². The SMILES string of the molecule is COc1cc2ncc(I)n2nc1CC(C)O. The van der Waals surface area contributed by atoms with Gasteiger partial charge in [-0.2, -0.15) is 5.10 Å². The second-order valence-electron chi connectivity index (χ2n) is 3.56. The normalized spacial score (nSPS) is 13.0. The molecule has 86 valence electrons. The van der Waals surface area contributed by atoms with Crippen molar-refractivity contribution in [3.8, 4) is 5.75 Å². The fourth-order valence-corrected chi connectivity index (χ4v) is 2.00. The van der Waals surface area contributed by atoms with Crippen LogP contribution in [0.5, 0.6) is 5.75 Å². The Kier molecular flexibility index (Phi) is 3.29. The van der Waals surface area contributed by atoms with E-state index in [1.807, 2.05) is 6.07 Å². The molecule has 0 saturated heterocycles. The van der Waals surface area contributed by atoms with Gasteiger partial charge in [0.2, 0.25) is 0 Å². The number of halogens is 1. The number of aliphatic hydroxyl groups excluding tert-OH is 1. The monoisotopic (exact) mass is 333 g/mol. The van der Waals surface area contributed by atoms with Gasteiger partial charge in [-0.25, -0.2) is 9.50 Å². The van der Waals surface area contributed by atoms with Crippen LogP contribution in [0.4, 0.5) is 0 Å². The summed E-state index contributed by atoms with van der Waals surface area (Å²) in [5, 5.41) is 13.8. The molecule has 0 aliphatic heterocycles. The molecule has 2 aromatic rings. The largest absolute Gasteiger partial charge is 0.495 e. The summed E-state index contributed by atoms with van der Waals surface area (Å²) >= 11 is 2.16. The van der Waals surface area contributed by atoms with Gasteiger partial charge in [-0.1, -0.05) is 0 Å². The highest BCUT2D eigenvalue weighted by Crippen LogP contribution is 2.20. The van der Waals surface area contributed by atoms with E-state index >= 15 is 0 Å². The minimum Gasteiger partial charge on any atom is -0.495 e. The molecule has 2 rings (SSSR count). The van der Waals surface area contributed by atoms with Crippen molar-refractivity contribution >= 4 is 28.2 Å². The molecule has 0 fully saturated rings. The van der Waals surface area contributed by atoms with Gasteiger partial charge < -0.3 is 9.84 Å². The number of rotatable bonds is 3. The van der Waals surface area contributed by atoms with Crippen LogP contribution in [0.2, 0.25) is 0 Å². The molecule has 0 aliphatic carbocycles. The van der Waals surface area contributed by atoms with Gasteiger partial charge in [0, 0.05) is 12.5 Å². The smallest absolute Gasteiger partial charge is 0.158 e. The summed E-state index contributed by atoms with van der Waals surface area (Å²) in [5.41, 5.74) is 1.48. The summed E-state index contributed by atoms with van der Waals surface area (Å²) < 4.78 is 7.90. The van der Waals surface area contributed by atoms with Gasteiger partial charge in [-0.05, 0) is 29.5 Å². The number of hydrogen-bond acceptors (Lipinski definition) is 4. The standard InChI is InChI=1S/C10H12IN3O2/c1-6(15)3-7-8(16-2)4-10-12-5-9(11)14(10)13-7/h4-6,15H,3H2,1-2H3. The van der Waals surface area contributed by atoms with E-state index in [0.717, 1.165) is 15.0 Å². The van der Waals surface area contributed by atoms with E-state index in [1.165, 1.54) is 0 Å². The first kappa shape index (κ1) is 11.6. The molecule has 0 saturated carbocycles. The number of aromatic nitrogens is 3. The highest BCUT2D eigenvalue weighted by molar-refractivity contribution is 14.1. The number of nitrogens with zero attached hydrogens (tertiary/aromatic N) is 3. The van der Waals surface area contributed by atoms with Gasteiger partial charge >= 0.3 is 0 Å². The predicted molar refractivity (Wildman–Crippen MR) is 67.6 cm³/mol. The van der Waals surface area contributed by atoms with Crippen LogP contribution in [-0.4, -0.2) is 32.9 Å². The maximum atomic E-state index is 9.40. The predicted octanol–water partition coefficient (Wildman–Crippen LogP) is 1.27. The molecule has 0 amide bonds. The molecule has 6 heteroatoms. The summed E-state index contributed by atoms with van der Waals surface area (Å²) in [6, 6.07) is 1.83. The molecule has 0 aliphatic rings. The first-order chi connectivity index (χ1) is 7.61. The van der Waals surface area contributed by atoms with Crippen LogP contribution in [0.25, 0.3) is 5.65 Å². The van der Waals surface area contributed by atoms with E-state index in [4.69, 9.17) is 4.74 Å². The minimum absolute atomic E-state index is 0.444. The lowest BCUT2D eigenvalue weighted by atomic mass is 10.2. The Morgan fingerprint density at radius 1 is 1.62 bits per heavy atom. The number of ether oxygens (including phenoxy) is 1.